The van der Waals surface area contributed by atoms with Crippen LogP contribution in [0, 0.1) is 6.92 Å². The van der Waals surface area contributed by atoms with Crippen molar-refractivity contribution in [3.05, 3.63) is 35.9 Å². The second-order valence-corrected chi connectivity index (χ2v) is 5.09. The van der Waals surface area contributed by atoms with E-state index in [1.165, 1.54) is 6.07 Å². The molecule has 0 aliphatic heterocycles. The highest BCUT2D eigenvalue weighted by Gasteiger charge is 2.13. The number of aryl methyl sites for hydroxylation is 1. The van der Waals surface area contributed by atoms with Crippen molar-refractivity contribution < 1.29 is 18.1 Å². The van der Waals surface area contributed by atoms with E-state index in [2.05, 4.69) is 0 Å². The fourth-order valence-electron chi connectivity index (χ4n) is 1.69. The van der Waals surface area contributed by atoms with Crippen molar-refractivity contribution >= 4 is 26.6 Å². The van der Waals surface area contributed by atoms with Gasteiger partial charge in [0.15, 0.2) is 0 Å². The summed E-state index contributed by atoms with van der Waals surface area (Å²) in [4.78, 5) is -0.0781. The lowest BCUT2D eigenvalue weighted by Crippen LogP contribution is -2.00. The zero-order valence-corrected chi connectivity index (χ0v) is 10.9. The van der Waals surface area contributed by atoms with Crippen LogP contribution in [0.3, 0.4) is 0 Å². The maximum absolute atomic E-state index is 11.1. The predicted octanol–water partition coefficient (Wildman–Crippen LogP) is 1.59. The molecule has 0 saturated heterocycles. The Morgan fingerprint density at radius 1 is 1.06 bits per heavy atom. The van der Waals surface area contributed by atoms with Crippen molar-refractivity contribution in [2.24, 2.45) is 0 Å². The lowest BCUT2D eigenvalue weighted by atomic mass is 10.1. The summed E-state index contributed by atoms with van der Waals surface area (Å²) < 4.78 is 31.3. The molecule has 98 valence electrons. The third-order valence-electron chi connectivity index (χ3n) is 2.44. The van der Waals surface area contributed by atoms with Crippen LogP contribution in [-0.2, 0) is 10.1 Å². The van der Waals surface area contributed by atoms with Gasteiger partial charge < -0.3 is 10.8 Å². The van der Waals surface area contributed by atoms with Gasteiger partial charge in [-0.05, 0) is 41.5 Å². The molecule has 4 N–H and O–H groups in total. The van der Waals surface area contributed by atoms with Crippen LogP contribution in [-0.4, -0.2) is 25.2 Å². The second-order valence-electron chi connectivity index (χ2n) is 3.70. The van der Waals surface area contributed by atoms with Crippen molar-refractivity contribution in [1.29, 1.82) is 0 Å². The number of nitrogen functional groups attached to an aromatic ring is 1. The minimum absolute atomic E-state index is 0.0781. The van der Waals surface area contributed by atoms with Crippen LogP contribution >= 0.6 is 0 Å². The van der Waals surface area contributed by atoms with E-state index in [0.717, 1.165) is 12.5 Å². The largest absolute Gasteiger partial charge is 0.400 e. The summed E-state index contributed by atoms with van der Waals surface area (Å²) in [5, 5.41) is 8.58. The van der Waals surface area contributed by atoms with Crippen LogP contribution < -0.4 is 5.73 Å². The summed E-state index contributed by atoms with van der Waals surface area (Å²) in [6.45, 7) is 1.64. The zero-order chi connectivity index (χ0) is 13.9. The highest BCUT2D eigenvalue weighted by Crippen LogP contribution is 2.24. The van der Waals surface area contributed by atoms with E-state index in [4.69, 9.17) is 15.4 Å². The number of rotatable bonds is 1. The second kappa shape index (κ2) is 5.34. The topological polar surface area (TPSA) is 101 Å². The molecule has 18 heavy (non-hydrogen) atoms. The molecule has 0 amide bonds. The van der Waals surface area contributed by atoms with Gasteiger partial charge in [0, 0.05) is 12.8 Å². The molecular formula is C12H15NO4S. The van der Waals surface area contributed by atoms with Gasteiger partial charge in [0.25, 0.3) is 10.1 Å². The van der Waals surface area contributed by atoms with E-state index < -0.39 is 10.1 Å². The maximum atomic E-state index is 11.1. The van der Waals surface area contributed by atoms with E-state index in [-0.39, 0.29) is 4.90 Å². The first-order valence-corrected chi connectivity index (χ1v) is 6.54. The highest BCUT2D eigenvalue weighted by molar-refractivity contribution is 7.85. The molecule has 2 aromatic carbocycles. The van der Waals surface area contributed by atoms with Gasteiger partial charge in [-0.15, -0.1) is 0 Å². The Kier molecular flexibility index (Phi) is 4.28. The van der Waals surface area contributed by atoms with Gasteiger partial charge in [-0.25, -0.2) is 0 Å². The van der Waals surface area contributed by atoms with Crippen LogP contribution in [0.15, 0.2) is 35.2 Å². The summed E-state index contributed by atoms with van der Waals surface area (Å²) in [5.41, 5.74) is 6.68. The van der Waals surface area contributed by atoms with Gasteiger partial charge in [0.2, 0.25) is 0 Å². The lowest BCUT2D eigenvalue weighted by Gasteiger charge is -2.06. The van der Waals surface area contributed by atoms with E-state index in [1.807, 2.05) is 6.07 Å². The quantitative estimate of drug-likeness (QED) is 0.539. The fraction of sp³-hybridized carbons (Fsp3) is 0.167. The molecule has 0 heterocycles. The molecule has 0 aliphatic rings. The lowest BCUT2D eigenvalue weighted by molar-refractivity contribution is 0.399. The molecule has 6 heteroatoms. The number of benzene rings is 2. The molecule has 5 nitrogen and oxygen atoms in total. The van der Waals surface area contributed by atoms with Crippen LogP contribution in [0.2, 0.25) is 0 Å². The molecule has 0 aromatic heterocycles. The monoisotopic (exact) mass is 269 g/mol. The Morgan fingerprint density at radius 3 is 2.22 bits per heavy atom. The number of anilines is 1. The smallest absolute Gasteiger partial charge is 0.294 e. The van der Waals surface area contributed by atoms with Crippen LogP contribution in [0.25, 0.3) is 10.8 Å². The van der Waals surface area contributed by atoms with Crippen molar-refractivity contribution in [2.75, 3.05) is 12.8 Å². The third kappa shape index (κ3) is 2.98. The van der Waals surface area contributed by atoms with Crippen LogP contribution in [0.1, 0.15) is 5.56 Å². The Morgan fingerprint density at radius 2 is 1.67 bits per heavy atom. The van der Waals surface area contributed by atoms with E-state index in [9.17, 15) is 8.42 Å². The summed E-state index contributed by atoms with van der Waals surface area (Å²) in [5.74, 6) is 0. The predicted molar refractivity (Wildman–Crippen MR) is 71.1 cm³/mol. The summed E-state index contributed by atoms with van der Waals surface area (Å²) in [6, 6.07) is 8.36. The average Bonchev–Trinajstić information content (AvgIpc) is 2.30. The Hall–Kier alpha value is -1.63. The number of hydrogen-bond acceptors (Lipinski definition) is 4. The summed E-state index contributed by atoms with van der Waals surface area (Å²) >= 11 is 0. The van der Waals surface area contributed by atoms with E-state index in [1.54, 1.807) is 25.1 Å². The molecular weight excluding hydrogens is 254 g/mol. The molecule has 0 spiro atoms. The first kappa shape index (κ1) is 14.4. The number of nitrogens with two attached hydrogens (primary N) is 1. The normalized spacial score (nSPS) is 10.9. The van der Waals surface area contributed by atoms with Crippen LogP contribution in [0.4, 0.5) is 5.69 Å². The van der Waals surface area contributed by atoms with Crippen molar-refractivity contribution in [2.45, 2.75) is 11.8 Å². The van der Waals surface area contributed by atoms with Crippen LogP contribution in [0.5, 0.6) is 0 Å². The van der Waals surface area contributed by atoms with Gasteiger partial charge in [-0.3, -0.25) is 4.55 Å². The Labute approximate surface area is 106 Å². The standard InChI is InChI=1S/C11H11NO3S.CH4O/c1-7-4-8-2-3-10(12)5-9(8)6-11(7)16(13,14)15;1-2/h2-6H,12H2,1H3,(H,13,14,15);2H,1H3. The van der Waals surface area contributed by atoms with Gasteiger partial charge in [-0.2, -0.15) is 8.42 Å². The van der Waals surface area contributed by atoms with Crippen molar-refractivity contribution in [3.63, 3.8) is 0 Å². The minimum atomic E-state index is -4.18. The van der Waals surface area contributed by atoms with Gasteiger partial charge in [0.05, 0.1) is 4.90 Å². The van der Waals surface area contributed by atoms with Gasteiger partial charge >= 0.3 is 0 Å². The maximum Gasteiger partial charge on any atom is 0.294 e. The minimum Gasteiger partial charge on any atom is -0.400 e. The summed E-state index contributed by atoms with van der Waals surface area (Å²) in [7, 11) is -3.18. The van der Waals surface area contributed by atoms with Crippen molar-refractivity contribution in [3.8, 4) is 0 Å². The van der Waals surface area contributed by atoms with Gasteiger partial charge in [0.1, 0.15) is 0 Å². The van der Waals surface area contributed by atoms with Gasteiger partial charge in [-0.1, -0.05) is 12.1 Å². The zero-order valence-electron chi connectivity index (χ0n) is 10.1. The number of aliphatic hydroxyl groups is 1. The fourth-order valence-corrected chi connectivity index (χ4v) is 2.43. The molecule has 0 radical (unpaired) electrons. The third-order valence-corrected chi connectivity index (χ3v) is 3.43. The molecule has 0 atom stereocenters. The average molecular weight is 269 g/mol. The molecule has 0 bridgehead atoms. The van der Waals surface area contributed by atoms with E-state index >= 15 is 0 Å². The Balaban J connectivity index is 0.000000771. The van der Waals surface area contributed by atoms with E-state index in [0.29, 0.717) is 16.6 Å². The Bertz CT molecular complexity index is 665. The number of hydrogen-bond donors (Lipinski definition) is 3. The first-order chi connectivity index (χ1) is 8.38. The SMILES string of the molecule is CO.Cc1cc2ccc(N)cc2cc1S(=O)(=O)O. The highest BCUT2D eigenvalue weighted by atomic mass is 32.2. The molecule has 0 aliphatic carbocycles. The van der Waals surface area contributed by atoms with Crippen molar-refractivity contribution in [1.82, 2.24) is 0 Å². The number of aliphatic hydroxyl groups excluding tert-OH is 1. The molecule has 0 unspecified atom stereocenters. The molecule has 2 aromatic rings. The first-order valence-electron chi connectivity index (χ1n) is 5.10. The summed E-state index contributed by atoms with van der Waals surface area (Å²) in [6.07, 6.45) is 0. The molecule has 0 saturated carbocycles. The molecule has 0 fully saturated rings. The molecule has 2 rings (SSSR count). The number of fused-ring (bicyclic) bond motifs is 1.